The van der Waals surface area contributed by atoms with Crippen molar-refractivity contribution in [2.45, 2.75) is 119 Å². The summed E-state index contributed by atoms with van der Waals surface area (Å²) in [5, 5.41) is 0. The van der Waals surface area contributed by atoms with E-state index in [0.717, 1.165) is 6.54 Å². The Hall–Kier alpha value is -3.46. The molecular weight excluding hydrogens is 567 g/mol. The van der Waals surface area contributed by atoms with Crippen LogP contribution in [0.3, 0.4) is 0 Å². The van der Waals surface area contributed by atoms with Gasteiger partial charge >= 0.3 is 0 Å². The first-order valence-corrected chi connectivity index (χ1v) is 17.6. The molecule has 0 atom stereocenters. The van der Waals surface area contributed by atoms with Crippen LogP contribution in [0, 0.1) is 5.92 Å². The minimum atomic E-state index is -0.0263. The summed E-state index contributed by atoms with van der Waals surface area (Å²) in [6.45, 7) is 33.2. The zero-order valence-corrected chi connectivity index (χ0v) is 31.8. The van der Waals surface area contributed by atoms with Crippen LogP contribution in [0.2, 0.25) is 0 Å². The predicted octanol–water partition coefficient (Wildman–Crippen LogP) is 11.1. The van der Waals surface area contributed by atoms with E-state index in [9.17, 15) is 0 Å². The van der Waals surface area contributed by atoms with Gasteiger partial charge in [0.25, 0.3) is 0 Å². The summed E-state index contributed by atoms with van der Waals surface area (Å²) in [6.07, 6.45) is 0. The first-order valence-electron chi connectivity index (χ1n) is 17.6. The molecule has 1 aliphatic rings. The fraction of sp³-hybridized carbons (Fsp3) is 0.455. The number of hydrogen-bond acceptors (Lipinski definition) is 2. The summed E-state index contributed by atoms with van der Waals surface area (Å²) in [7, 11) is 2.46. The fourth-order valence-corrected chi connectivity index (χ4v) is 6.48. The molecule has 47 heavy (non-hydrogen) atoms. The van der Waals surface area contributed by atoms with Crippen LogP contribution in [0.15, 0.2) is 78.9 Å². The zero-order valence-electron chi connectivity index (χ0n) is 31.8. The molecule has 1 radical (unpaired) electrons. The van der Waals surface area contributed by atoms with Crippen molar-refractivity contribution < 1.29 is 0 Å². The van der Waals surface area contributed by atoms with Gasteiger partial charge in [0.15, 0.2) is 7.28 Å². The van der Waals surface area contributed by atoms with Gasteiger partial charge in [-0.1, -0.05) is 139 Å². The van der Waals surface area contributed by atoms with E-state index in [4.69, 9.17) is 0 Å². The Morgan fingerprint density at radius 2 is 1.04 bits per heavy atom. The second-order valence-electron chi connectivity index (χ2n) is 18.3. The van der Waals surface area contributed by atoms with Crippen molar-refractivity contribution in [3.63, 3.8) is 0 Å². The van der Waals surface area contributed by atoms with Crippen LogP contribution in [-0.4, -0.2) is 13.8 Å². The minimum Gasteiger partial charge on any atom is -0.342 e. The van der Waals surface area contributed by atoms with Crippen LogP contribution in [0.5, 0.6) is 0 Å². The van der Waals surface area contributed by atoms with Gasteiger partial charge in [-0.3, -0.25) is 0 Å². The molecule has 1 aliphatic heterocycles. The zero-order chi connectivity index (χ0) is 34.7. The van der Waals surface area contributed by atoms with E-state index in [1.165, 1.54) is 61.6 Å². The van der Waals surface area contributed by atoms with Crippen molar-refractivity contribution in [1.82, 2.24) is 0 Å². The van der Waals surface area contributed by atoms with E-state index in [-0.39, 0.29) is 21.7 Å². The normalized spacial score (nSPS) is 13.7. The summed E-state index contributed by atoms with van der Waals surface area (Å²) >= 11 is 0. The van der Waals surface area contributed by atoms with Crippen LogP contribution < -0.4 is 20.7 Å². The summed E-state index contributed by atoms with van der Waals surface area (Å²) in [5.74, 6) is 0.482. The lowest BCUT2D eigenvalue weighted by atomic mass is 9.58. The van der Waals surface area contributed by atoms with Gasteiger partial charge in [0, 0.05) is 35.0 Å². The largest absolute Gasteiger partial charge is 0.342 e. The van der Waals surface area contributed by atoms with Gasteiger partial charge < -0.3 is 9.80 Å². The molecule has 4 aromatic rings. The van der Waals surface area contributed by atoms with Crippen LogP contribution in [0.25, 0.3) is 0 Å². The van der Waals surface area contributed by atoms with Gasteiger partial charge in [-0.15, -0.1) is 0 Å². The van der Waals surface area contributed by atoms with E-state index in [2.05, 4.69) is 193 Å². The number of fused-ring (bicyclic) bond motifs is 2. The quantitative estimate of drug-likeness (QED) is 0.179. The molecule has 0 aliphatic carbocycles. The highest BCUT2D eigenvalue weighted by Gasteiger charge is 2.32. The molecule has 4 aromatic carbocycles. The molecule has 247 valence electrons. The summed E-state index contributed by atoms with van der Waals surface area (Å²) < 4.78 is 0. The summed E-state index contributed by atoms with van der Waals surface area (Å²) in [6, 6.07) is 30.6. The van der Waals surface area contributed by atoms with Crippen molar-refractivity contribution in [3.8, 4) is 0 Å². The highest BCUT2D eigenvalue weighted by Crippen LogP contribution is 2.42. The third kappa shape index (κ3) is 7.35. The van der Waals surface area contributed by atoms with Crippen molar-refractivity contribution >= 4 is 46.6 Å². The van der Waals surface area contributed by atoms with Crippen LogP contribution in [0.4, 0.5) is 28.4 Å². The van der Waals surface area contributed by atoms with E-state index in [0.29, 0.717) is 5.92 Å². The average Bonchev–Trinajstić information content (AvgIpc) is 2.96. The molecule has 3 heteroatoms. The van der Waals surface area contributed by atoms with Gasteiger partial charge in [0.2, 0.25) is 0 Å². The highest BCUT2D eigenvalue weighted by molar-refractivity contribution is 6.73. The van der Waals surface area contributed by atoms with Gasteiger partial charge in [0.1, 0.15) is 0 Å². The Kier molecular flexibility index (Phi) is 9.06. The van der Waals surface area contributed by atoms with Gasteiger partial charge in [-0.2, -0.15) is 0 Å². The number of anilines is 5. The van der Waals surface area contributed by atoms with Crippen molar-refractivity contribution in [3.05, 3.63) is 101 Å². The van der Waals surface area contributed by atoms with Crippen LogP contribution >= 0.6 is 0 Å². The third-order valence-electron chi connectivity index (χ3n) is 9.55. The van der Waals surface area contributed by atoms with Crippen molar-refractivity contribution in [2.75, 3.05) is 16.3 Å². The Balaban J connectivity index is 1.81. The maximum Gasteiger partial charge on any atom is 0.199 e. The van der Waals surface area contributed by atoms with E-state index in [1.807, 2.05) is 0 Å². The molecule has 0 N–H and O–H groups in total. The number of hydrogen-bond donors (Lipinski definition) is 0. The lowest BCUT2D eigenvalue weighted by molar-refractivity contribution is 0.588. The van der Waals surface area contributed by atoms with Gasteiger partial charge in [0.05, 0.1) is 0 Å². The number of rotatable bonds is 5. The van der Waals surface area contributed by atoms with Crippen LogP contribution in [-0.2, 0) is 21.7 Å². The molecule has 0 aromatic heterocycles. The Morgan fingerprint density at radius 1 is 0.553 bits per heavy atom. The summed E-state index contributed by atoms with van der Waals surface area (Å²) in [5.41, 5.74) is 14.3. The molecule has 5 rings (SSSR count). The maximum atomic E-state index is 2.57. The molecule has 0 bridgehead atoms. The topological polar surface area (TPSA) is 6.48 Å². The van der Waals surface area contributed by atoms with E-state index < -0.39 is 0 Å². The lowest BCUT2D eigenvalue weighted by Gasteiger charge is -2.39. The van der Waals surface area contributed by atoms with Gasteiger partial charge in [-0.05, 0) is 97.8 Å². The second kappa shape index (κ2) is 12.2. The van der Waals surface area contributed by atoms with Crippen molar-refractivity contribution in [2.24, 2.45) is 5.92 Å². The molecule has 0 fully saturated rings. The first kappa shape index (κ1) is 34.9. The highest BCUT2D eigenvalue weighted by atomic mass is 15.2. The number of nitrogens with zero attached hydrogens (tertiary/aromatic N) is 2. The molecule has 0 saturated carbocycles. The molecule has 1 heterocycles. The van der Waals surface area contributed by atoms with Crippen molar-refractivity contribution in [1.29, 1.82) is 0 Å². The molecule has 0 unspecified atom stereocenters. The molecule has 2 nitrogen and oxygen atoms in total. The molecule has 0 amide bonds. The molecule has 0 saturated heterocycles. The maximum absolute atomic E-state index is 2.57. The summed E-state index contributed by atoms with van der Waals surface area (Å²) in [4.78, 5) is 5.08. The van der Waals surface area contributed by atoms with E-state index in [1.54, 1.807) is 0 Å². The second-order valence-corrected chi connectivity index (χ2v) is 18.3. The third-order valence-corrected chi connectivity index (χ3v) is 9.55. The van der Waals surface area contributed by atoms with Gasteiger partial charge in [-0.25, -0.2) is 0 Å². The SMILES string of the molecule is CC(C)CN(c1ccc(C(C)(C)C)cc1)c1cc(C(C)(C)C)cc2c1[B]c1cc(C(C)(C)C)ccc1N2c1ccc(C(C)(C)C)cc1. The molecular formula is C44H58BN2. The van der Waals surface area contributed by atoms with E-state index >= 15 is 0 Å². The fourth-order valence-electron chi connectivity index (χ4n) is 6.48. The monoisotopic (exact) mass is 625 g/mol. The Bertz CT molecular complexity index is 1720. The smallest absolute Gasteiger partial charge is 0.199 e. The lowest BCUT2D eigenvalue weighted by Crippen LogP contribution is -2.43. The van der Waals surface area contributed by atoms with Crippen LogP contribution in [0.1, 0.15) is 119 Å². The average molecular weight is 626 g/mol. The predicted molar refractivity (Wildman–Crippen MR) is 209 cm³/mol. The standard InChI is InChI=1S/C44H58BN2/c1-29(2)28-46(34-20-15-30(16-21-34)41(3,4)5)38-26-33(44(12,13)14)27-39-40(38)45-36-25-32(43(9,10)11)19-24-37(36)47(39)35-22-17-31(18-23-35)42(6,7)8/h15-27,29H,28H2,1-14H3. The minimum absolute atomic E-state index is 0.0263. The molecule has 0 spiro atoms. The Labute approximate surface area is 287 Å². The Morgan fingerprint density at radius 3 is 1.53 bits per heavy atom. The number of benzene rings is 4. The first-order chi connectivity index (χ1) is 21.6.